The van der Waals surface area contributed by atoms with Crippen LogP contribution in [0.15, 0.2) is 59.2 Å². The van der Waals surface area contributed by atoms with Gasteiger partial charge in [-0.05, 0) is 70.5 Å². The molecule has 0 spiro atoms. The van der Waals surface area contributed by atoms with E-state index >= 15 is 0 Å². The van der Waals surface area contributed by atoms with Crippen LogP contribution in [0.2, 0.25) is 0 Å². The van der Waals surface area contributed by atoms with Gasteiger partial charge in [0.1, 0.15) is 22.6 Å². The van der Waals surface area contributed by atoms with Gasteiger partial charge >= 0.3 is 11.9 Å². The van der Waals surface area contributed by atoms with Crippen LogP contribution in [0.3, 0.4) is 0 Å². The number of fused-ring (bicyclic) bond motifs is 2. The van der Waals surface area contributed by atoms with Gasteiger partial charge in [0.05, 0.1) is 37.5 Å². The molecule has 6 rings (SSSR count). The first-order chi connectivity index (χ1) is 28.9. The highest BCUT2D eigenvalue weighted by Gasteiger charge is 2.27. The first kappa shape index (κ1) is 42.7. The fourth-order valence-corrected chi connectivity index (χ4v) is 6.98. The second-order valence-corrected chi connectivity index (χ2v) is 14.3. The zero-order valence-corrected chi connectivity index (χ0v) is 34.3. The van der Waals surface area contributed by atoms with Crippen LogP contribution in [0.4, 0.5) is 11.9 Å². The Morgan fingerprint density at radius 2 is 1.82 bits per heavy atom. The standard InChI is InChI=1S/C40H51N15O5/c1-5-45-29(20-24(3)41)37(58)49-39-47-28-22-26(34(42)56)23-32(60-19-9-14-52-17-12-44-13-18-52)33(28)54(39)16-8-7-15-53-30-11-10-27(35(43)57)46-36(30)48-40(53)50-38(59)31-21-25(4)51-55(31)6-2/h7-8,10-11,20-23,44H,5-6,9,12-19H2,1-4H3,(H8,41,42,43,45,46,47,48,49,50,56,57,58,59)/p+2/b8-7+. The zero-order chi connectivity index (χ0) is 42.9. The highest BCUT2D eigenvalue weighted by Crippen LogP contribution is 2.27. The van der Waals surface area contributed by atoms with Gasteiger partial charge in [0.15, 0.2) is 16.9 Å². The van der Waals surface area contributed by atoms with Gasteiger partial charge in [0.25, 0.3) is 11.8 Å². The molecule has 1 aliphatic heterocycles. The molecular weight excluding hydrogens is 771 g/mol. The lowest BCUT2D eigenvalue weighted by Gasteiger charge is -2.24. The number of imidazole rings is 2. The molecule has 1 saturated heterocycles. The number of amides is 4. The van der Waals surface area contributed by atoms with Crippen molar-refractivity contribution in [1.29, 1.82) is 0 Å². The van der Waals surface area contributed by atoms with Gasteiger partial charge in [-0.3, -0.25) is 34.3 Å². The van der Waals surface area contributed by atoms with Crippen LogP contribution in [-0.4, -0.2) is 109 Å². The third-order valence-electron chi connectivity index (χ3n) is 9.75. The molecular formula is C40H53N15O5+2. The van der Waals surface area contributed by atoms with Crippen molar-refractivity contribution in [2.24, 2.45) is 22.2 Å². The summed E-state index contributed by atoms with van der Waals surface area (Å²) in [6.07, 6.45) is 5.97. The Labute approximate surface area is 345 Å². The number of aryl methyl sites for hydroxylation is 2. The molecule has 316 valence electrons. The predicted octanol–water partition coefficient (Wildman–Crippen LogP) is 0.341. The molecule has 4 aromatic heterocycles. The Bertz CT molecular complexity index is 2500. The smallest absolute Gasteiger partial charge is 0.363 e. The number of pyridine rings is 1. The lowest BCUT2D eigenvalue weighted by atomic mass is 10.1. The van der Waals surface area contributed by atoms with Gasteiger partial charge in [-0.15, -0.1) is 0 Å². The number of allylic oxidation sites excluding steroid dienone is 3. The monoisotopic (exact) mass is 823 g/mol. The third kappa shape index (κ3) is 10.0. The van der Waals surface area contributed by atoms with Crippen LogP contribution in [-0.2, 0) is 24.4 Å². The summed E-state index contributed by atoms with van der Waals surface area (Å²) in [6, 6.07) is 8.07. The Morgan fingerprint density at radius 1 is 1.03 bits per heavy atom. The number of hydrogen-bond donors (Lipinski definition) is 7. The number of nitrogens with one attached hydrogen (secondary N) is 3. The summed E-state index contributed by atoms with van der Waals surface area (Å²) in [5.74, 6) is -1.41. The van der Waals surface area contributed by atoms with E-state index in [2.05, 4.69) is 45.9 Å². The molecule has 0 bridgehead atoms. The molecule has 20 heteroatoms. The molecule has 1 fully saturated rings. The van der Waals surface area contributed by atoms with Crippen LogP contribution in [0.1, 0.15) is 64.2 Å². The molecule has 1 aromatic carbocycles. The quantitative estimate of drug-likeness (QED) is 0.0275. The van der Waals surface area contributed by atoms with E-state index in [1.165, 1.54) is 12.1 Å². The zero-order valence-electron chi connectivity index (χ0n) is 34.3. The lowest BCUT2D eigenvalue weighted by molar-refractivity contribution is -0.663. The fraction of sp³-hybridized carbons (Fsp3) is 0.375. The summed E-state index contributed by atoms with van der Waals surface area (Å²) in [5.41, 5.74) is 20.9. The third-order valence-corrected chi connectivity index (χ3v) is 9.75. The summed E-state index contributed by atoms with van der Waals surface area (Å²) in [4.78, 5) is 70.5. The summed E-state index contributed by atoms with van der Waals surface area (Å²) in [6.45, 7) is 13.8. The SMILES string of the molecule is CCN=C(/C=C(/C)N)C(=O)Nc1[nH]c2cc(C(N)=O)cc(OCCCN3CC[NH2+]CC3)c2[n+]1C/C=C/Cn1c(NC(=O)c2cc(C)nn2CC)nc2nc(C(N)=O)ccc21. The van der Waals surface area contributed by atoms with Crippen molar-refractivity contribution < 1.29 is 33.8 Å². The number of nitrogens with zero attached hydrogens (tertiary/aromatic N) is 8. The molecule has 0 radical (unpaired) electrons. The molecule has 0 atom stereocenters. The number of H-pyrrole nitrogens is 1. The van der Waals surface area contributed by atoms with Gasteiger partial charge < -0.3 is 31.8 Å². The molecule has 60 heavy (non-hydrogen) atoms. The van der Waals surface area contributed by atoms with E-state index in [9.17, 15) is 19.2 Å². The number of piperazine rings is 1. The topological polar surface area (TPSA) is 280 Å². The van der Waals surface area contributed by atoms with Crippen molar-refractivity contribution in [1.82, 2.24) is 34.2 Å². The van der Waals surface area contributed by atoms with Crippen LogP contribution >= 0.6 is 0 Å². The van der Waals surface area contributed by atoms with Gasteiger partial charge in [-0.2, -0.15) is 10.1 Å². The van der Waals surface area contributed by atoms with Crippen molar-refractivity contribution in [2.75, 3.05) is 56.5 Å². The lowest BCUT2D eigenvalue weighted by Crippen LogP contribution is -2.89. The second kappa shape index (κ2) is 19.2. The van der Waals surface area contributed by atoms with E-state index in [0.29, 0.717) is 59.1 Å². The largest absolute Gasteiger partial charge is 0.490 e. The number of aromatic amines is 1. The number of carbonyl (C=O) groups is 4. The van der Waals surface area contributed by atoms with Crippen LogP contribution in [0.5, 0.6) is 5.75 Å². The van der Waals surface area contributed by atoms with Gasteiger partial charge in [-0.25, -0.2) is 24.6 Å². The number of quaternary nitrogens is 1. The highest BCUT2D eigenvalue weighted by atomic mass is 16.5. The molecule has 11 N–H and O–H groups in total. The van der Waals surface area contributed by atoms with Crippen LogP contribution < -0.4 is 42.5 Å². The number of aromatic nitrogens is 7. The highest BCUT2D eigenvalue weighted by molar-refractivity contribution is 6.47. The van der Waals surface area contributed by atoms with Crippen LogP contribution in [0.25, 0.3) is 22.2 Å². The molecule has 5 heterocycles. The van der Waals surface area contributed by atoms with Crippen molar-refractivity contribution in [3.8, 4) is 5.75 Å². The number of carbonyl (C=O) groups excluding carboxylic acids is 4. The molecule has 5 aromatic rings. The minimum Gasteiger partial charge on any atom is -0.490 e. The molecule has 0 aliphatic carbocycles. The number of anilines is 2. The van der Waals surface area contributed by atoms with E-state index in [4.69, 9.17) is 21.9 Å². The maximum Gasteiger partial charge on any atom is 0.363 e. The number of ether oxygens (including phenoxy) is 1. The fourth-order valence-electron chi connectivity index (χ4n) is 6.98. The number of rotatable bonds is 18. The van der Waals surface area contributed by atoms with Crippen molar-refractivity contribution in [3.63, 3.8) is 0 Å². The summed E-state index contributed by atoms with van der Waals surface area (Å²) >= 11 is 0. The first-order valence-corrected chi connectivity index (χ1v) is 19.9. The van der Waals surface area contributed by atoms with E-state index in [1.54, 1.807) is 47.4 Å². The Kier molecular flexibility index (Phi) is 13.7. The maximum absolute atomic E-state index is 13.6. The van der Waals surface area contributed by atoms with Gasteiger partial charge in [0.2, 0.25) is 11.9 Å². The van der Waals surface area contributed by atoms with Gasteiger partial charge in [-0.1, -0.05) is 12.2 Å². The number of benzene rings is 1. The van der Waals surface area contributed by atoms with E-state index in [1.807, 2.05) is 30.6 Å². The maximum atomic E-state index is 13.6. The van der Waals surface area contributed by atoms with E-state index in [0.717, 1.165) is 39.1 Å². The number of nitrogens with two attached hydrogens (primary N) is 4. The summed E-state index contributed by atoms with van der Waals surface area (Å²) in [5, 5.41) is 12.5. The van der Waals surface area contributed by atoms with Crippen LogP contribution in [0, 0.1) is 6.92 Å². The summed E-state index contributed by atoms with van der Waals surface area (Å²) < 4.78 is 11.5. The first-order valence-electron chi connectivity index (χ1n) is 19.9. The van der Waals surface area contributed by atoms with Crippen molar-refractivity contribution in [3.05, 3.63) is 76.9 Å². The average Bonchev–Trinajstić information content (AvgIpc) is 3.89. The minimum atomic E-state index is -0.716. The Morgan fingerprint density at radius 3 is 2.52 bits per heavy atom. The van der Waals surface area contributed by atoms with Gasteiger partial charge in [0, 0.05) is 50.5 Å². The second-order valence-electron chi connectivity index (χ2n) is 14.3. The number of hydrogen-bond acceptors (Lipinski definition) is 11. The predicted molar refractivity (Wildman–Crippen MR) is 226 cm³/mol. The number of primary amides is 2. The summed E-state index contributed by atoms with van der Waals surface area (Å²) in [7, 11) is 0. The number of aliphatic imine (C=N–C) groups is 1. The Balaban J connectivity index is 1.35. The van der Waals surface area contributed by atoms with E-state index < -0.39 is 23.6 Å². The normalized spacial score (nSPS) is 14.0. The minimum absolute atomic E-state index is 0.0254. The molecule has 4 amide bonds. The van der Waals surface area contributed by atoms with E-state index in [-0.39, 0.29) is 47.6 Å². The Hall–Kier alpha value is -6.93. The molecule has 0 saturated carbocycles. The van der Waals surface area contributed by atoms with Crippen molar-refractivity contribution in [2.45, 2.75) is 53.8 Å². The molecule has 0 unspecified atom stereocenters. The molecule has 20 nitrogen and oxygen atoms in total. The van der Waals surface area contributed by atoms with Crippen molar-refractivity contribution >= 4 is 63.4 Å². The molecule has 1 aliphatic rings. The average molecular weight is 824 g/mol.